The third-order valence-corrected chi connectivity index (χ3v) is 8.56. The van der Waals surface area contributed by atoms with Gasteiger partial charge in [0.25, 0.3) is 0 Å². The highest BCUT2D eigenvalue weighted by molar-refractivity contribution is 8.03. The molecule has 0 amide bonds. The molecule has 2 aromatic heterocycles. The van der Waals surface area contributed by atoms with E-state index < -0.39 is 0 Å². The van der Waals surface area contributed by atoms with E-state index in [-0.39, 0.29) is 17.1 Å². The molecule has 0 radical (unpaired) electrons. The van der Waals surface area contributed by atoms with E-state index in [9.17, 15) is 15.6 Å². The van der Waals surface area contributed by atoms with Crippen molar-refractivity contribution < 1.29 is 9.84 Å². The van der Waals surface area contributed by atoms with Crippen molar-refractivity contribution in [2.45, 2.75) is 0 Å². The SMILES string of the molecule is COc1cccc(NC(SCC(O)=C(C#N)c2nc3ccccc3s2)=C(C#N)c2nc3ccccc3s2)c1. The third kappa shape index (κ3) is 5.34. The van der Waals surface area contributed by atoms with Crippen LogP contribution >= 0.6 is 34.4 Å². The highest BCUT2D eigenvalue weighted by Crippen LogP contribution is 2.35. The molecule has 0 aliphatic carbocycles. The Morgan fingerprint density at radius 2 is 1.50 bits per heavy atom. The summed E-state index contributed by atoms with van der Waals surface area (Å²) in [5.74, 6) is 0.576. The predicted molar refractivity (Wildman–Crippen MR) is 156 cm³/mol. The fourth-order valence-corrected chi connectivity index (χ4v) is 6.52. The maximum atomic E-state index is 11.0. The Morgan fingerprint density at radius 1 is 0.895 bits per heavy atom. The van der Waals surface area contributed by atoms with Crippen LogP contribution in [0, 0.1) is 22.7 Å². The molecule has 5 aromatic rings. The normalized spacial score (nSPS) is 12.4. The first-order chi connectivity index (χ1) is 18.6. The largest absolute Gasteiger partial charge is 0.510 e. The predicted octanol–water partition coefficient (Wildman–Crippen LogP) is 7.44. The number of aromatic nitrogens is 2. The molecule has 2 heterocycles. The van der Waals surface area contributed by atoms with E-state index in [0.717, 1.165) is 20.4 Å². The van der Waals surface area contributed by atoms with E-state index in [2.05, 4.69) is 27.4 Å². The second-order valence-corrected chi connectivity index (χ2v) is 10.9. The van der Waals surface area contributed by atoms with Gasteiger partial charge < -0.3 is 15.2 Å². The van der Waals surface area contributed by atoms with Crippen LogP contribution in [0.4, 0.5) is 5.69 Å². The van der Waals surface area contributed by atoms with E-state index in [4.69, 9.17) is 4.74 Å². The summed E-state index contributed by atoms with van der Waals surface area (Å²) in [6, 6.07) is 27.0. The number of benzene rings is 3. The molecule has 0 fully saturated rings. The molecule has 5 rings (SSSR count). The monoisotopic (exact) mass is 553 g/mol. The van der Waals surface area contributed by atoms with E-state index in [1.165, 1.54) is 34.4 Å². The summed E-state index contributed by atoms with van der Waals surface area (Å²) < 4.78 is 7.23. The zero-order valence-corrected chi connectivity index (χ0v) is 22.5. The number of hydrogen-bond acceptors (Lipinski definition) is 10. The van der Waals surface area contributed by atoms with Crippen LogP contribution in [0.5, 0.6) is 5.75 Å². The smallest absolute Gasteiger partial charge is 0.138 e. The Morgan fingerprint density at radius 3 is 2.08 bits per heavy atom. The van der Waals surface area contributed by atoms with Crippen LogP contribution in [0.2, 0.25) is 0 Å². The zero-order chi connectivity index (χ0) is 26.5. The van der Waals surface area contributed by atoms with Crippen LogP contribution in [0.3, 0.4) is 0 Å². The van der Waals surface area contributed by atoms with E-state index in [1.54, 1.807) is 7.11 Å². The number of allylic oxidation sites excluding steroid dienone is 2. The van der Waals surface area contributed by atoms with Crippen molar-refractivity contribution in [1.82, 2.24) is 9.97 Å². The Hall–Kier alpha value is -4.35. The molecule has 0 saturated carbocycles. The Kier molecular flexibility index (Phi) is 7.57. The van der Waals surface area contributed by atoms with Gasteiger partial charge in [0, 0.05) is 11.8 Å². The van der Waals surface area contributed by atoms with Crippen molar-refractivity contribution in [2.75, 3.05) is 18.2 Å². The van der Waals surface area contributed by atoms with Crippen LogP contribution in [0.25, 0.3) is 31.6 Å². The molecule has 10 heteroatoms. The van der Waals surface area contributed by atoms with Gasteiger partial charge in [0.05, 0.1) is 38.3 Å². The van der Waals surface area contributed by atoms with E-state index in [1.807, 2.05) is 72.8 Å². The fraction of sp³-hybridized carbons (Fsp3) is 0.0714. The van der Waals surface area contributed by atoms with Gasteiger partial charge in [-0.05, 0) is 36.4 Å². The lowest BCUT2D eigenvalue weighted by molar-refractivity contribution is 0.415. The second kappa shape index (κ2) is 11.4. The van der Waals surface area contributed by atoms with Crippen LogP contribution < -0.4 is 10.1 Å². The standard InChI is InChI=1S/C28H19N5O2S3/c1-35-18-8-6-7-17(13-18)31-26(20(15-30)28-33-22-10-3-5-12-25(22)38-28)36-16-23(34)19(14-29)27-32-21-9-2-4-11-24(21)37-27/h2-13,31,34H,16H2,1H3. The number of aliphatic hydroxyl groups excluding tert-OH is 1. The molecule has 0 atom stereocenters. The number of para-hydroxylation sites is 2. The van der Waals surface area contributed by atoms with Crippen molar-refractivity contribution in [3.8, 4) is 17.9 Å². The molecule has 0 bridgehead atoms. The van der Waals surface area contributed by atoms with Gasteiger partial charge in [0.1, 0.15) is 44.8 Å². The number of anilines is 1. The summed E-state index contributed by atoms with van der Waals surface area (Å²) in [7, 11) is 1.58. The molecule has 7 nitrogen and oxygen atoms in total. The average Bonchev–Trinajstić information content (AvgIpc) is 3.56. The number of nitrogens with zero attached hydrogens (tertiary/aromatic N) is 4. The Balaban J connectivity index is 1.53. The van der Waals surface area contributed by atoms with Crippen LogP contribution in [0.15, 0.2) is 83.6 Å². The van der Waals surface area contributed by atoms with Gasteiger partial charge >= 0.3 is 0 Å². The zero-order valence-electron chi connectivity index (χ0n) is 20.0. The second-order valence-electron chi connectivity index (χ2n) is 7.87. The van der Waals surface area contributed by atoms with Crippen LogP contribution in [0.1, 0.15) is 10.0 Å². The number of methoxy groups -OCH3 is 1. The highest BCUT2D eigenvalue weighted by Gasteiger charge is 2.19. The number of thiazole rings is 2. The number of ether oxygens (including phenoxy) is 1. The molecule has 2 N–H and O–H groups in total. The fourth-order valence-electron chi connectivity index (χ4n) is 3.61. The lowest BCUT2D eigenvalue weighted by Crippen LogP contribution is -2.03. The maximum absolute atomic E-state index is 11.0. The third-order valence-electron chi connectivity index (χ3n) is 5.44. The molecule has 186 valence electrons. The van der Waals surface area contributed by atoms with Gasteiger partial charge in [-0.25, -0.2) is 9.97 Å². The Labute approximate surface area is 231 Å². The summed E-state index contributed by atoms with van der Waals surface area (Å²) in [6.07, 6.45) is 0. The van der Waals surface area contributed by atoms with Crippen molar-refractivity contribution in [3.05, 3.63) is 93.6 Å². The first kappa shape index (κ1) is 25.3. The van der Waals surface area contributed by atoms with Crippen molar-refractivity contribution in [1.29, 1.82) is 10.5 Å². The first-order valence-corrected chi connectivity index (χ1v) is 13.9. The Bertz CT molecular complexity index is 1720. The highest BCUT2D eigenvalue weighted by atomic mass is 32.2. The quantitative estimate of drug-likeness (QED) is 0.150. The number of fused-ring (bicyclic) bond motifs is 2. The van der Waals surface area contributed by atoms with Crippen molar-refractivity contribution >= 4 is 71.7 Å². The van der Waals surface area contributed by atoms with Gasteiger partial charge in [-0.2, -0.15) is 10.5 Å². The molecule has 3 aromatic carbocycles. The lowest BCUT2D eigenvalue weighted by atomic mass is 10.2. The van der Waals surface area contributed by atoms with Gasteiger partial charge in [0.15, 0.2) is 0 Å². The molecular formula is C28H19N5O2S3. The van der Waals surface area contributed by atoms with Gasteiger partial charge in [-0.3, -0.25) is 0 Å². The molecule has 38 heavy (non-hydrogen) atoms. The maximum Gasteiger partial charge on any atom is 0.138 e. The minimum atomic E-state index is -0.122. The molecule has 0 aliphatic rings. The molecule has 0 spiro atoms. The summed E-state index contributed by atoms with van der Waals surface area (Å²) in [6.45, 7) is 0. The molecule has 0 unspecified atom stereocenters. The number of hydrogen-bond donors (Lipinski definition) is 2. The van der Waals surface area contributed by atoms with Gasteiger partial charge in [-0.15, -0.1) is 22.7 Å². The summed E-state index contributed by atoms with van der Waals surface area (Å²) >= 11 is 3.97. The number of nitriles is 2. The van der Waals surface area contributed by atoms with Gasteiger partial charge in [-0.1, -0.05) is 42.1 Å². The summed E-state index contributed by atoms with van der Waals surface area (Å²) in [5.41, 5.74) is 2.72. The van der Waals surface area contributed by atoms with E-state index >= 15 is 0 Å². The van der Waals surface area contributed by atoms with Crippen LogP contribution in [-0.2, 0) is 0 Å². The summed E-state index contributed by atoms with van der Waals surface area (Å²) in [5, 5.41) is 35.8. The summed E-state index contributed by atoms with van der Waals surface area (Å²) in [4.78, 5) is 9.16. The van der Waals surface area contributed by atoms with Crippen LogP contribution in [-0.4, -0.2) is 27.9 Å². The minimum absolute atomic E-state index is 0.0429. The van der Waals surface area contributed by atoms with Crippen molar-refractivity contribution in [2.24, 2.45) is 0 Å². The number of aliphatic hydroxyl groups is 1. The lowest BCUT2D eigenvalue weighted by Gasteiger charge is -2.13. The van der Waals surface area contributed by atoms with Gasteiger partial charge in [0.2, 0.25) is 0 Å². The number of nitrogens with one attached hydrogen (secondary N) is 1. The topological polar surface area (TPSA) is 115 Å². The molecular weight excluding hydrogens is 535 g/mol. The number of rotatable bonds is 8. The first-order valence-electron chi connectivity index (χ1n) is 11.3. The van der Waals surface area contributed by atoms with Crippen molar-refractivity contribution in [3.63, 3.8) is 0 Å². The number of thioether (sulfide) groups is 1. The average molecular weight is 554 g/mol. The van der Waals surface area contributed by atoms with E-state index in [0.29, 0.717) is 32.1 Å². The molecule has 0 aliphatic heterocycles. The molecule has 0 saturated heterocycles. The minimum Gasteiger partial charge on any atom is -0.510 e.